The molecular formula is C17H13ClN4O. The van der Waals surface area contributed by atoms with Crippen LogP contribution in [0, 0.1) is 25.2 Å². The fourth-order valence-corrected chi connectivity index (χ4v) is 2.70. The van der Waals surface area contributed by atoms with E-state index in [-0.39, 0.29) is 12.1 Å². The summed E-state index contributed by atoms with van der Waals surface area (Å²) in [4.78, 5) is 16.8. The van der Waals surface area contributed by atoms with Crippen LogP contribution in [0.1, 0.15) is 22.4 Å². The predicted octanol–water partition coefficient (Wildman–Crippen LogP) is 2.98. The highest BCUT2D eigenvalue weighted by molar-refractivity contribution is 6.32. The van der Waals surface area contributed by atoms with Crippen molar-refractivity contribution in [3.8, 4) is 6.07 Å². The van der Waals surface area contributed by atoms with Gasteiger partial charge >= 0.3 is 0 Å². The molecule has 0 spiro atoms. The van der Waals surface area contributed by atoms with Crippen LogP contribution in [-0.2, 0) is 6.54 Å². The molecule has 0 aliphatic rings. The minimum atomic E-state index is -0.417. The third-order valence-electron chi connectivity index (χ3n) is 3.88. The van der Waals surface area contributed by atoms with Crippen LogP contribution in [0.2, 0.25) is 5.02 Å². The van der Waals surface area contributed by atoms with Gasteiger partial charge in [-0.2, -0.15) is 10.4 Å². The van der Waals surface area contributed by atoms with E-state index in [0.29, 0.717) is 21.8 Å². The summed E-state index contributed by atoms with van der Waals surface area (Å²) in [6.45, 7) is 3.66. The molecular weight excluding hydrogens is 312 g/mol. The van der Waals surface area contributed by atoms with Crippen molar-refractivity contribution in [3.05, 3.63) is 68.2 Å². The largest absolute Gasteiger partial charge is 0.285 e. The zero-order valence-corrected chi connectivity index (χ0v) is 13.4. The average molecular weight is 325 g/mol. The molecule has 0 bridgehead atoms. The maximum Gasteiger partial charge on any atom is 0.285 e. The molecule has 0 saturated carbocycles. The number of fused-ring (bicyclic) bond motifs is 1. The zero-order chi connectivity index (χ0) is 16.6. The minimum Gasteiger partial charge on any atom is -0.266 e. The van der Waals surface area contributed by atoms with E-state index in [9.17, 15) is 10.1 Å². The third kappa shape index (κ3) is 2.58. The third-order valence-corrected chi connectivity index (χ3v) is 4.23. The Morgan fingerprint density at radius 1 is 1.30 bits per heavy atom. The number of hydrogen-bond donors (Lipinski definition) is 0. The van der Waals surface area contributed by atoms with E-state index in [1.807, 2.05) is 24.3 Å². The first-order valence-electron chi connectivity index (χ1n) is 7.03. The molecule has 2 heterocycles. The summed E-state index contributed by atoms with van der Waals surface area (Å²) >= 11 is 6.30. The molecule has 0 N–H and O–H groups in total. The van der Waals surface area contributed by atoms with E-state index in [0.717, 1.165) is 10.9 Å². The van der Waals surface area contributed by atoms with Crippen LogP contribution in [0.4, 0.5) is 0 Å². The minimum absolute atomic E-state index is 0.113. The van der Waals surface area contributed by atoms with Gasteiger partial charge in [0.25, 0.3) is 5.56 Å². The molecule has 3 aromatic rings. The highest BCUT2D eigenvalue weighted by Crippen LogP contribution is 2.25. The number of pyridine rings is 1. The van der Waals surface area contributed by atoms with E-state index in [4.69, 9.17) is 11.6 Å². The highest BCUT2D eigenvalue weighted by atomic mass is 35.5. The Bertz CT molecular complexity index is 1020. The van der Waals surface area contributed by atoms with Crippen LogP contribution >= 0.6 is 11.6 Å². The van der Waals surface area contributed by atoms with E-state index in [2.05, 4.69) is 10.1 Å². The van der Waals surface area contributed by atoms with Crippen LogP contribution < -0.4 is 5.56 Å². The van der Waals surface area contributed by atoms with Gasteiger partial charge in [-0.05, 0) is 31.5 Å². The fraction of sp³-hybridized carbons (Fsp3) is 0.176. The van der Waals surface area contributed by atoms with Gasteiger partial charge in [-0.15, -0.1) is 0 Å². The van der Waals surface area contributed by atoms with E-state index in [1.54, 1.807) is 26.1 Å². The van der Waals surface area contributed by atoms with Crippen molar-refractivity contribution in [2.75, 3.05) is 0 Å². The molecule has 0 fully saturated rings. The highest BCUT2D eigenvalue weighted by Gasteiger charge is 2.14. The van der Waals surface area contributed by atoms with Gasteiger partial charge in [-0.3, -0.25) is 9.78 Å². The summed E-state index contributed by atoms with van der Waals surface area (Å²) in [7, 11) is 0. The predicted molar refractivity (Wildman–Crippen MR) is 88.5 cm³/mol. The van der Waals surface area contributed by atoms with Crippen molar-refractivity contribution in [2.45, 2.75) is 20.4 Å². The van der Waals surface area contributed by atoms with Gasteiger partial charge < -0.3 is 0 Å². The normalized spacial score (nSPS) is 10.7. The van der Waals surface area contributed by atoms with Crippen LogP contribution in [0.5, 0.6) is 0 Å². The van der Waals surface area contributed by atoms with Gasteiger partial charge in [0.15, 0.2) is 0 Å². The standard InChI is InChI=1S/C17H13ClN4O/c1-10-11(2)21-22(17(23)13(10)8-19)9-14-15(18)6-5-12-4-3-7-20-16(12)14/h3-7H,9H2,1-2H3. The first kappa shape index (κ1) is 15.2. The van der Waals surface area contributed by atoms with Crippen molar-refractivity contribution >= 4 is 22.5 Å². The summed E-state index contributed by atoms with van der Waals surface area (Å²) in [5.41, 5.74) is 2.39. The summed E-state index contributed by atoms with van der Waals surface area (Å²) in [6, 6.07) is 9.39. The van der Waals surface area contributed by atoms with Crippen molar-refractivity contribution in [2.24, 2.45) is 0 Å². The number of rotatable bonds is 2. The lowest BCUT2D eigenvalue weighted by molar-refractivity contribution is 0.624. The monoisotopic (exact) mass is 324 g/mol. The molecule has 6 heteroatoms. The Labute approximate surface area is 137 Å². The second-order valence-electron chi connectivity index (χ2n) is 5.26. The van der Waals surface area contributed by atoms with Crippen molar-refractivity contribution in [1.29, 1.82) is 5.26 Å². The number of hydrogen-bond acceptors (Lipinski definition) is 4. The van der Waals surface area contributed by atoms with Crippen molar-refractivity contribution < 1.29 is 0 Å². The summed E-state index contributed by atoms with van der Waals surface area (Å²) in [5.74, 6) is 0. The number of nitrogens with zero attached hydrogens (tertiary/aromatic N) is 4. The van der Waals surface area contributed by atoms with E-state index in [1.165, 1.54) is 4.68 Å². The van der Waals surface area contributed by atoms with Crippen LogP contribution in [0.3, 0.4) is 0 Å². The number of nitriles is 1. The average Bonchev–Trinajstić information content (AvgIpc) is 2.55. The quantitative estimate of drug-likeness (QED) is 0.726. The molecule has 0 atom stereocenters. The molecule has 5 nitrogen and oxygen atoms in total. The lowest BCUT2D eigenvalue weighted by Crippen LogP contribution is -2.28. The van der Waals surface area contributed by atoms with Crippen molar-refractivity contribution in [3.63, 3.8) is 0 Å². The van der Waals surface area contributed by atoms with Gasteiger partial charge in [-0.25, -0.2) is 4.68 Å². The molecule has 0 unspecified atom stereocenters. The van der Waals surface area contributed by atoms with E-state index < -0.39 is 5.56 Å². The fourth-order valence-electron chi connectivity index (χ4n) is 2.49. The Morgan fingerprint density at radius 3 is 2.83 bits per heavy atom. The Hall–Kier alpha value is -2.71. The summed E-state index contributed by atoms with van der Waals surface area (Å²) < 4.78 is 1.27. The maximum absolute atomic E-state index is 12.4. The lowest BCUT2D eigenvalue weighted by Gasteiger charge is -2.12. The number of aromatic nitrogens is 3. The molecule has 114 valence electrons. The smallest absolute Gasteiger partial charge is 0.266 e. The molecule has 23 heavy (non-hydrogen) atoms. The number of benzene rings is 1. The Morgan fingerprint density at radius 2 is 2.09 bits per heavy atom. The molecule has 1 aromatic carbocycles. The van der Waals surface area contributed by atoms with Gasteiger partial charge in [0.05, 0.1) is 17.8 Å². The topological polar surface area (TPSA) is 71.6 Å². The SMILES string of the molecule is Cc1nn(Cc2c(Cl)ccc3cccnc23)c(=O)c(C#N)c1C. The van der Waals surface area contributed by atoms with Gasteiger partial charge in [0, 0.05) is 22.2 Å². The molecule has 0 saturated heterocycles. The first-order chi connectivity index (χ1) is 11.0. The van der Waals surface area contributed by atoms with Gasteiger partial charge in [0.2, 0.25) is 0 Å². The Balaban J connectivity index is 2.22. The van der Waals surface area contributed by atoms with Crippen LogP contribution in [0.25, 0.3) is 10.9 Å². The second kappa shape index (κ2) is 5.82. The molecule has 0 radical (unpaired) electrons. The maximum atomic E-state index is 12.4. The molecule has 2 aromatic heterocycles. The molecule has 0 aliphatic carbocycles. The lowest BCUT2D eigenvalue weighted by atomic mass is 10.1. The first-order valence-corrected chi connectivity index (χ1v) is 7.41. The van der Waals surface area contributed by atoms with Crippen LogP contribution in [-0.4, -0.2) is 14.8 Å². The van der Waals surface area contributed by atoms with Crippen LogP contribution in [0.15, 0.2) is 35.3 Å². The summed E-state index contributed by atoms with van der Waals surface area (Å²) in [6.07, 6.45) is 1.68. The summed E-state index contributed by atoms with van der Waals surface area (Å²) in [5, 5.41) is 15.0. The number of aryl methyl sites for hydroxylation is 1. The second-order valence-corrected chi connectivity index (χ2v) is 5.67. The Kier molecular flexibility index (Phi) is 3.85. The number of halogens is 1. The van der Waals surface area contributed by atoms with E-state index >= 15 is 0 Å². The van der Waals surface area contributed by atoms with Crippen molar-refractivity contribution in [1.82, 2.24) is 14.8 Å². The van der Waals surface area contributed by atoms with Gasteiger partial charge in [-0.1, -0.05) is 23.7 Å². The zero-order valence-electron chi connectivity index (χ0n) is 12.7. The molecule has 3 rings (SSSR count). The van der Waals surface area contributed by atoms with Gasteiger partial charge in [0.1, 0.15) is 11.6 Å². The molecule has 0 amide bonds. The molecule has 0 aliphatic heterocycles.